The van der Waals surface area contributed by atoms with Crippen LogP contribution in [0.5, 0.6) is 28.7 Å². The van der Waals surface area contributed by atoms with Crippen LogP contribution in [0.15, 0.2) is 96.4 Å². The van der Waals surface area contributed by atoms with Gasteiger partial charge in [-0.25, -0.2) is 4.79 Å². The molecule has 4 aromatic carbocycles. The molecule has 0 amide bonds. The minimum Gasteiger partial charge on any atom is -0.493 e. The fraction of sp³-hybridized carbons (Fsp3) is 0.222. The van der Waals surface area contributed by atoms with Gasteiger partial charge in [0.1, 0.15) is 41.1 Å². The number of carbonyl (C=O) groups is 1. The molecule has 8 nitrogen and oxygen atoms in total. The number of nitrogens with zero attached hydrogens (tertiary/aromatic N) is 1. The molecule has 2 N–H and O–H groups in total. The second-order valence-corrected chi connectivity index (χ2v) is 10.4. The van der Waals surface area contributed by atoms with Crippen molar-refractivity contribution in [1.29, 1.82) is 5.26 Å². The zero-order chi connectivity index (χ0) is 31.1. The Morgan fingerprint density at radius 1 is 0.955 bits per heavy atom. The zero-order valence-corrected chi connectivity index (χ0v) is 25.0. The van der Waals surface area contributed by atoms with E-state index < -0.39 is 11.9 Å². The fourth-order valence-corrected chi connectivity index (χ4v) is 4.92. The number of carbonyl (C=O) groups excluding carboxylic acids is 1. The van der Waals surface area contributed by atoms with Gasteiger partial charge >= 0.3 is 5.97 Å². The Morgan fingerprint density at radius 2 is 1.75 bits per heavy atom. The number of benzene rings is 4. The highest BCUT2D eigenvalue weighted by Gasteiger charge is 2.32. The van der Waals surface area contributed by atoms with Crippen LogP contribution in [0.2, 0.25) is 0 Å². The highest BCUT2D eigenvalue weighted by molar-refractivity contribution is 5.94. The van der Waals surface area contributed by atoms with Gasteiger partial charge in [0.05, 0.1) is 19.6 Å². The van der Waals surface area contributed by atoms with Crippen LogP contribution in [0, 0.1) is 18.3 Å². The zero-order valence-electron chi connectivity index (χ0n) is 25.0. The average molecular weight is 591 g/mol. The first-order chi connectivity index (χ1) is 21.4. The molecule has 1 heterocycles. The van der Waals surface area contributed by atoms with E-state index in [0.717, 1.165) is 24.0 Å². The molecule has 8 heteroatoms. The SMILES string of the molecule is CCCCOc1ccccc1C(=O)Oc1ccc2c(c1)OC(N)=C(C#N)C2c1ccc(OCc2ccc(C)cc2)c(OC)c1. The smallest absolute Gasteiger partial charge is 0.347 e. The van der Waals surface area contributed by atoms with Crippen molar-refractivity contribution >= 4 is 5.97 Å². The van der Waals surface area contributed by atoms with Gasteiger partial charge in [0.15, 0.2) is 11.5 Å². The van der Waals surface area contributed by atoms with Crippen LogP contribution in [0.3, 0.4) is 0 Å². The minimum atomic E-state index is -0.559. The lowest BCUT2D eigenvalue weighted by Gasteiger charge is -2.27. The van der Waals surface area contributed by atoms with Gasteiger partial charge in [-0.1, -0.05) is 67.4 Å². The number of unbranched alkanes of at least 4 members (excludes halogenated alkanes) is 1. The van der Waals surface area contributed by atoms with Gasteiger partial charge in [-0.05, 0) is 54.8 Å². The number of ether oxygens (including phenoxy) is 5. The summed E-state index contributed by atoms with van der Waals surface area (Å²) >= 11 is 0. The van der Waals surface area contributed by atoms with Crippen molar-refractivity contribution in [2.45, 2.75) is 39.2 Å². The molecule has 224 valence electrons. The van der Waals surface area contributed by atoms with Gasteiger partial charge in [-0.15, -0.1) is 0 Å². The quantitative estimate of drug-likeness (QED) is 0.111. The fourth-order valence-electron chi connectivity index (χ4n) is 4.92. The maximum Gasteiger partial charge on any atom is 0.347 e. The first kappa shape index (κ1) is 30.1. The number of esters is 1. The van der Waals surface area contributed by atoms with Crippen molar-refractivity contribution in [2.24, 2.45) is 5.73 Å². The van der Waals surface area contributed by atoms with E-state index in [2.05, 4.69) is 13.0 Å². The van der Waals surface area contributed by atoms with Crippen molar-refractivity contribution in [3.63, 3.8) is 0 Å². The normalized spacial score (nSPS) is 13.7. The van der Waals surface area contributed by atoms with Crippen molar-refractivity contribution in [2.75, 3.05) is 13.7 Å². The lowest BCUT2D eigenvalue weighted by atomic mass is 9.83. The number of aryl methyl sites for hydroxylation is 1. The Bertz CT molecular complexity index is 1720. The summed E-state index contributed by atoms with van der Waals surface area (Å²) in [5.41, 5.74) is 10.5. The summed E-state index contributed by atoms with van der Waals surface area (Å²) in [6.45, 7) is 4.99. The second kappa shape index (κ2) is 13.7. The average Bonchev–Trinajstić information content (AvgIpc) is 3.04. The summed E-state index contributed by atoms with van der Waals surface area (Å²) in [5, 5.41) is 10.0. The van der Waals surface area contributed by atoms with E-state index in [9.17, 15) is 10.1 Å². The van der Waals surface area contributed by atoms with E-state index >= 15 is 0 Å². The maximum atomic E-state index is 13.1. The molecular weight excluding hydrogens is 556 g/mol. The van der Waals surface area contributed by atoms with E-state index in [4.69, 9.17) is 29.4 Å². The lowest BCUT2D eigenvalue weighted by Crippen LogP contribution is -2.21. The van der Waals surface area contributed by atoms with E-state index in [-0.39, 0.29) is 17.2 Å². The van der Waals surface area contributed by atoms with Gasteiger partial charge in [-0.2, -0.15) is 5.26 Å². The van der Waals surface area contributed by atoms with Crippen molar-refractivity contribution in [3.05, 3.63) is 124 Å². The number of hydrogen-bond acceptors (Lipinski definition) is 8. The van der Waals surface area contributed by atoms with Gasteiger partial charge < -0.3 is 29.4 Å². The molecule has 1 atom stereocenters. The highest BCUT2D eigenvalue weighted by Crippen LogP contribution is 2.45. The second-order valence-electron chi connectivity index (χ2n) is 10.4. The van der Waals surface area contributed by atoms with Crippen molar-refractivity contribution < 1.29 is 28.5 Å². The molecule has 0 radical (unpaired) electrons. The van der Waals surface area contributed by atoms with Crippen LogP contribution in [0.1, 0.15) is 58.3 Å². The number of hydrogen-bond donors (Lipinski definition) is 1. The molecule has 0 aromatic heterocycles. The largest absolute Gasteiger partial charge is 0.493 e. The first-order valence-electron chi connectivity index (χ1n) is 14.4. The van der Waals surface area contributed by atoms with Crippen LogP contribution >= 0.6 is 0 Å². The summed E-state index contributed by atoms with van der Waals surface area (Å²) in [5.74, 6) is 1.07. The molecule has 0 spiro atoms. The van der Waals surface area contributed by atoms with Crippen LogP contribution in [0.4, 0.5) is 0 Å². The minimum absolute atomic E-state index is 0.0261. The molecule has 1 aliphatic rings. The van der Waals surface area contributed by atoms with Gasteiger partial charge in [0.2, 0.25) is 5.88 Å². The lowest BCUT2D eigenvalue weighted by molar-refractivity contribution is 0.0730. The van der Waals surface area contributed by atoms with Crippen molar-refractivity contribution in [3.8, 4) is 34.8 Å². The predicted octanol–water partition coefficient (Wildman–Crippen LogP) is 7.20. The number of methoxy groups -OCH3 is 1. The number of nitriles is 1. The molecule has 0 aliphatic carbocycles. The summed E-state index contributed by atoms with van der Waals surface area (Å²) in [6, 6.07) is 27.8. The van der Waals surface area contributed by atoms with Crippen LogP contribution < -0.4 is 29.4 Å². The van der Waals surface area contributed by atoms with E-state index in [1.165, 1.54) is 5.56 Å². The number of rotatable bonds is 11. The summed E-state index contributed by atoms with van der Waals surface area (Å²) in [4.78, 5) is 13.1. The molecule has 5 rings (SSSR count). The Balaban J connectivity index is 1.40. The molecule has 0 fully saturated rings. The monoisotopic (exact) mass is 590 g/mol. The van der Waals surface area contributed by atoms with Crippen molar-refractivity contribution in [1.82, 2.24) is 0 Å². The standard InChI is InChI=1S/C36H34N2O6/c1-4-5-18-41-30-9-7-6-8-28(30)36(39)43-26-15-16-27-32(20-26)44-35(38)29(21-37)34(27)25-14-17-31(33(19-25)40-3)42-22-24-12-10-23(2)11-13-24/h6-17,19-20,34H,4-5,18,22,38H2,1-3H3. The Kier molecular flexibility index (Phi) is 9.36. The van der Waals surface area contributed by atoms with Gasteiger partial charge in [0, 0.05) is 11.6 Å². The Morgan fingerprint density at radius 3 is 2.50 bits per heavy atom. The summed E-state index contributed by atoms with van der Waals surface area (Å²) < 4.78 is 29.1. The third-order valence-corrected chi connectivity index (χ3v) is 7.30. The molecule has 4 aromatic rings. The van der Waals surface area contributed by atoms with Crippen LogP contribution in [0.25, 0.3) is 0 Å². The third-order valence-electron chi connectivity index (χ3n) is 7.30. The van der Waals surface area contributed by atoms with E-state index in [1.807, 2.05) is 55.5 Å². The highest BCUT2D eigenvalue weighted by atomic mass is 16.5. The van der Waals surface area contributed by atoms with Crippen LogP contribution in [-0.2, 0) is 6.61 Å². The number of para-hydroxylation sites is 1. The van der Waals surface area contributed by atoms with E-state index in [0.29, 0.717) is 47.3 Å². The molecule has 1 aliphatic heterocycles. The van der Waals surface area contributed by atoms with Crippen LogP contribution in [-0.4, -0.2) is 19.7 Å². The number of fused-ring (bicyclic) bond motifs is 1. The summed E-state index contributed by atoms with van der Waals surface area (Å²) in [7, 11) is 1.57. The van der Waals surface area contributed by atoms with Gasteiger partial charge in [0.25, 0.3) is 0 Å². The molecule has 0 bridgehead atoms. The first-order valence-corrected chi connectivity index (χ1v) is 14.4. The third kappa shape index (κ3) is 6.63. The van der Waals surface area contributed by atoms with Gasteiger partial charge in [-0.3, -0.25) is 0 Å². The molecule has 0 saturated carbocycles. The predicted molar refractivity (Wildman–Crippen MR) is 166 cm³/mol. The number of nitrogens with two attached hydrogens (primary N) is 1. The molecular formula is C36H34N2O6. The maximum absolute atomic E-state index is 13.1. The van der Waals surface area contributed by atoms with E-state index in [1.54, 1.807) is 43.5 Å². The number of allylic oxidation sites excluding steroid dienone is 1. The molecule has 1 unspecified atom stereocenters. The Labute approximate surface area is 257 Å². The Hall–Kier alpha value is -5.42. The topological polar surface area (TPSA) is 113 Å². The molecule has 44 heavy (non-hydrogen) atoms. The molecule has 0 saturated heterocycles. The summed E-state index contributed by atoms with van der Waals surface area (Å²) in [6.07, 6.45) is 1.86.